The Bertz CT molecular complexity index is 989. The third-order valence-corrected chi connectivity index (χ3v) is 5.28. The van der Waals surface area contributed by atoms with Gasteiger partial charge in [-0.15, -0.1) is 11.8 Å². The highest BCUT2D eigenvalue weighted by atomic mass is 32.2. The van der Waals surface area contributed by atoms with Crippen LogP contribution in [-0.4, -0.2) is 15.2 Å². The lowest BCUT2D eigenvalue weighted by atomic mass is 10.2. The first-order valence-electron chi connectivity index (χ1n) is 7.89. The molecule has 0 bridgehead atoms. The Morgan fingerprint density at radius 2 is 1.88 bits per heavy atom. The number of allylic oxidation sites excluding steroid dienone is 1. The van der Waals surface area contributed by atoms with Crippen molar-refractivity contribution in [1.82, 2.24) is 9.97 Å². The molecule has 1 aliphatic heterocycles. The van der Waals surface area contributed by atoms with Gasteiger partial charge < -0.3 is 4.98 Å². The Balaban J connectivity index is 1.52. The molecule has 0 aliphatic carbocycles. The van der Waals surface area contributed by atoms with Crippen molar-refractivity contribution in [1.29, 1.82) is 0 Å². The lowest BCUT2D eigenvalue weighted by molar-refractivity contribution is 1.09. The summed E-state index contributed by atoms with van der Waals surface area (Å²) in [7, 11) is 0. The highest BCUT2D eigenvalue weighted by molar-refractivity contribution is 8.09. The molecule has 4 heteroatoms. The van der Waals surface area contributed by atoms with Crippen molar-refractivity contribution in [2.45, 2.75) is 11.7 Å². The molecule has 0 spiro atoms. The molecular weight excluding hydrogens is 316 g/mol. The standard InChI is InChI=1S/C20H16N2OS/c23-20-16-8-4-5-9-17(16)21-19(22-20)13-11-15-10-12-18(24-15)14-6-2-1-3-7-14/h1-9,11-13,15H,10H2,(H,21,22,23)/b13-11+. The first-order chi connectivity index (χ1) is 11.8. The summed E-state index contributed by atoms with van der Waals surface area (Å²) in [6.45, 7) is 0. The molecule has 0 radical (unpaired) electrons. The van der Waals surface area contributed by atoms with Crippen molar-refractivity contribution < 1.29 is 0 Å². The molecule has 1 unspecified atom stereocenters. The summed E-state index contributed by atoms with van der Waals surface area (Å²) in [6.07, 6.45) is 7.28. The topological polar surface area (TPSA) is 45.8 Å². The average molecular weight is 332 g/mol. The molecule has 1 aromatic heterocycles. The SMILES string of the molecule is O=c1[nH]c(/C=C/C2CC=C(c3ccccc3)S2)nc2ccccc12. The molecule has 3 nitrogen and oxygen atoms in total. The number of hydrogen-bond donors (Lipinski definition) is 1. The van der Waals surface area contributed by atoms with E-state index >= 15 is 0 Å². The van der Waals surface area contributed by atoms with Crippen LogP contribution in [0.3, 0.4) is 0 Å². The lowest BCUT2D eigenvalue weighted by Gasteiger charge is -2.05. The Morgan fingerprint density at radius 3 is 2.75 bits per heavy atom. The molecule has 0 amide bonds. The molecule has 24 heavy (non-hydrogen) atoms. The van der Waals surface area contributed by atoms with Crippen LogP contribution in [0, 0.1) is 0 Å². The summed E-state index contributed by atoms with van der Waals surface area (Å²) in [6, 6.07) is 17.8. The third kappa shape index (κ3) is 3.05. The normalized spacial score (nSPS) is 17.5. The van der Waals surface area contributed by atoms with E-state index in [-0.39, 0.29) is 5.56 Å². The van der Waals surface area contributed by atoms with Gasteiger partial charge in [0, 0.05) is 10.2 Å². The first-order valence-corrected chi connectivity index (χ1v) is 8.77. The molecule has 2 heterocycles. The summed E-state index contributed by atoms with van der Waals surface area (Å²) in [5.74, 6) is 0.604. The van der Waals surface area contributed by atoms with Crippen LogP contribution in [0.1, 0.15) is 17.8 Å². The minimum Gasteiger partial charge on any atom is -0.306 e. The van der Waals surface area contributed by atoms with Crippen molar-refractivity contribution >= 4 is 33.6 Å². The number of para-hydroxylation sites is 1. The first kappa shape index (κ1) is 15.0. The predicted molar refractivity (Wildman–Crippen MR) is 102 cm³/mol. The number of nitrogens with zero attached hydrogens (tertiary/aromatic N) is 1. The van der Waals surface area contributed by atoms with Crippen LogP contribution in [0.15, 0.2) is 71.5 Å². The molecule has 4 rings (SSSR count). The van der Waals surface area contributed by atoms with Crippen molar-refractivity contribution in [2.24, 2.45) is 0 Å². The number of fused-ring (bicyclic) bond motifs is 1. The van der Waals surface area contributed by atoms with Crippen LogP contribution in [0.4, 0.5) is 0 Å². The minimum absolute atomic E-state index is 0.0950. The van der Waals surface area contributed by atoms with Crippen molar-refractivity contribution in [3.63, 3.8) is 0 Å². The molecule has 118 valence electrons. The zero-order valence-corrected chi connectivity index (χ0v) is 13.8. The number of H-pyrrole nitrogens is 1. The van der Waals surface area contributed by atoms with Gasteiger partial charge in [-0.2, -0.15) is 0 Å². The molecular formula is C20H16N2OS. The van der Waals surface area contributed by atoms with Gasteiger partial charge in [0.05, 0.1) is 10.9 Å². The smallest absolute Gasteiger partial charge is 0.259 e. The van der Waals surface area contributed by atoms with E-state index < -0.39 is 0 Å². The van der Waals surface area contributed by atoms with Gasteiger partial charge in [0.15, 0.2) is 0 Å². The monoisotopic (exact) mass is 332 g/mol. The summed E-state index contributed by atoms with van der Waals surface area (Å²) in [4.78, 5) is 20.7. The number of thioether (sulfide) groups is 1. The van der Waals surface area contributed by atoms with E-state index in [1.54, 1.807) is 6.07 Å². The second-order valence-corrected chi connectivity index (χ2v) is 6.93. The van der Waals surface area contributed by atoms with E-state index in [1.807, 2.05) is 42.1 Å². The molecule has 0 fully saturated rings. The number of aromatic amines is 1. The molecule has 0 saturated heterocycles. The van der Waals surface area contributed by atoms with Gasteiger partial charge in [0.25, 0.3) is 5.56 Å². The lowest BCUT2D eigenvalue weighted by Crippen LogP contribution is -2.09. The fourth-order valence-electron chi connectivity index (χ4n) is 2.77. The highest BCUT2D eigenvalue weighted by Crippen LogP contribution is 2.39. The van der Waals surface area contributed by atoms with Gasteiger partial charge >= 0.3 is 0 Å². The molecule has 1 atom stereocenters. The minimum atomic E-state index is -0.0950. The molecule has 1 aliphatic rings. The van der Waals surface area contributed by atoms with E-state index in [9.17, 15) is 4.79 Å². The summed E-state index contributed by atoms with van der Waals surface area (Å²) >= 11 is 1.85. The van der Waals surface area contributed by atoms with Crippen molar-refractivity contribution in [3.05, 3.63) is 88.5 Å². The quantitative estimate of drug-likeness (QED) is 0.769. The van der Waals surface area contributed by atoms with Gasteiger partial charge in [-0.05, 0) is 30.2 Å². The van der Waals surface area contributed by atoms with E-state index in [2.05, 4.69) is 46.4 Å². The summed E-state index contributed by atoms with van der Waals surface area (Å²) < 4.78 is 0. The highest BCUT2D eigenvalue weighted by Gasteiger charge is 2.16. The molecule has 0 saturated carbocycles. The van der Waals surface area contributed by atoms with Crippen LogP contribution in [0.25, 0.3) is 21.9 Å². The Hall–Kier alpha value is -2.59. The maximum atomic E-state index is 12.1. The number of benzene rings is 2. The van der Waals surface area contributed by atoms with Gasteiger partial charge in [-0.3, -0.25) is 4.79 Å². The second kappa shape index (κ2) is 6.49. The average Bonchev–Trinajstić information content (AvgIpc) is 3.10. The Kier molecular flexibility index (Phi) is 4.05. The second-order valence-electron chi connectivity index (χ2n) is 5.65. The summed E-state index contributed by atoms with van der Waals surface area (Å²) in [5.41, 5.74) is 1.89. The maximum Gasteiger partial charge on any atom is 0.259 e. The zero-order chi connectivity index (χ0) is 16.4. The van der Waals surface area contributed by atoms with Crippen LogP contribution in [0.5, 0.6) is 0 Å². The fourth-order valence-corrected chi connectivity index (χ4v) is 3.91. The fraction of sp³-hybridized carbons (Fsp3) is 0.100. The Labute approximate surface area is 144 Å². The number of rotatable bonds is 3. The van der Waals surface area contributed by atoms with Crippen LogP contribution >= 0.6 is 11.8 Å². The van der Waals surface area contributed by atoms with E-state index in [0.29, 0.717) is 16.5 Å². The van der Waals surface area contributed by atoms with Crippen LogP contribution in [0.2, 0.25) is 0 Å². The predicted octanol–water partition coefficient (Wildman–Crippen LogP) is 4.48. The number of nitrogens with one attached hydrogen (secondary N) is 1. The van der Waals surface area contributed by atoms with Crippen molar-refractivity contribution in [2.75, 3.05) is 0 Å². The molecule has 1 N–H and O–H groups in total. The molecule has 2 aromatic carbocycles. The van der Waals surface area contributed by atoms with Crippen LogP contribution < -0.4 is 5.56 Å². The van der Waals surface area contributed by atoms with Gasteiger partial charge in [0.2, 0.25) is 0 Å². The number of aromatic nitrogens is 2. The summed E-state index contributed by atoms with van der Waals surface area (Å²) in [5, 5.41) is 0.995. The van der Waals surface area contributed by atoms with E-state index in [1.165, 1.54) is 10.5 Å². The molecule has 3 aromatic rings. The van der Waals surface area contributed by atoms with Crippen LogP contribution in [-0.2, 0) is 0 Å². The number of hydrogen-bond acceptors (Lipinski definition) is 3. The Morgan fingerprint density at radius 1 is 1.08 bits per heavy atom. The van der Waals surface area contributed by atoms with E-state index in [0.717, 1.165) is 11.9 Å². The zero-order valence-electron chi connectivity index (χ0n) is 13.0. The van der Waals surface area contributed by atoms with Gasteiger partial charge in [-0.1, -0.05) is 54.6 Å². The third-order valence-electron chi connectivity index (χ3n) is 3.97. The van der Waals surface area contributed by atoms with Gasteiger partial charge in [0.1, 0.15) is 5.82 Å². The maximum absolute atomic E-state index is 12.1. The largest absolute Gasteiger partial charge is 0.306 e. The van der Waals surface area contributed by atoms with E-state index in [4.69, 9.17) is 0 Å². The van der Waals surface area contributed by atoms with Crippen molar-refractivity contribution in [3.8, 4) is 0 Å². The van der Waals surface area contributed by atoms with Gasteiger partial charge in [-0.25, -0.2) is 4.98 Å².